The van der Waals surface area contributed by atoms with E-state index in [9.17, 15) is 4.79 Å². The molecule has 0 radical (unpaired) electrons. The molecule has 0 saturated carbocycles. The molecule has 1 aliphatic heterocycles. The number of hydrogen-bond donors (Lipinski definition) is 1. The van der Waals surface area contributed by atoms with Crippen molar-refractivity contribution in [3.8, 4) is 0 Å². The van der Waals surface area contributed by atoms with Gasteiger partial charge in [0.05, 0.1) is 11.3 Å². The molecule has 4 nitrogen and oxygen atoms in total. The van der Waals surface area contributed by atoms with Crippen molar-refractivity contribution >= 4 is 11.6 Å². The average Bonchev–Trinajstić information content (AvgIpc) is 2.87. The number of anilines is 1. The van der Waals surface area contributed by atoms with E-state index in [0.717, 1.165) is 30.9 Å². The van der Waals surface area contributed by atoms with Crippen LogP contribution in [-0.4, -0.2) is 35.9 Å². The molecule has 1 amide bonds. The Morgan fingerprint density at radius 3 is 2.84 bits per heavy atom. The number of aromatic nitrogens is 1. The maximum atomic E-state index is 12.6. The number of nitrogens with zero attached hydrogens (tertiary/aromatic N) is 2. The van der Waals surface area contributed by atoms with Gasteiger partial charge in [0.15, 0.2) is 0 Å². The van der Waals surface area contributed by atoms with Gasteiger partial charge in [0.2, 0.25) is 0 Å². The fourth-order valence-electron chi connectivity index (χ4n) is 2.62. The van der Waals surface area contributed by atoms with E-state index in [2.05, 4.69) is 24.1 Å². The first-order valence-corrected chi connectivity index (χ1v) is 6.96. The van der Waals surface area contributed by atoms with Gasteiger partial charge in [-0.25, -0.2) is 0 Å². The molecule has 4 heteroatoms. The van der Waals surface area contributed by atoms with Gasteiger partial charge in [-0.05, 0) is 31.2 Å². The fraction of sp³-hybridized carbons (Fsp3) is 0.600. The smallest absolute Gasteiger partial charge is 0.257 e. The summed E-state index contributed by atoms with van der Waals surface area (Å²) < 4.78 is 0. The normalized spacial score (nSPS) is 19.0. The van der Waals surface area contributed by atoms with Gasteiger partial charge in [-0.2, -0.15) is 0 Å². The zero-order valence-electron chi connectivity index (χ0n) is 12.2. The second kappa shape index (κ2) is 5.59. The molecular formula is C15H23N3O. The number of carbonyl (C=O) groups excluding carboxylic acids is 1. The van der Waals surface area contributed by atoms with Crippen LogP contribution in [0.4, 0.5) is 5.69 Å². The van der Waals surface area contributed by atoms with Gasteiger partial charge >= 0.3 is 0 Å². The maximum Gasteiger partial charge on any atom is 0.257 e. The molecular weight excluding hydrogens is 238 g/mol. The van der Waals surface area contributed by atoms with E-state index >= 15 is 0 Å². The van der Waals surface area contributed by atoms with Crippen LogP contribution >= 0.6 is 0 Å². The zero-order valence-corrected chi connectivity index (χ0v) is 12.2. The first-order valence-electron chi connectivity index (χ1n) is 6.96. The Bertz CT molecular complexity index is 470. The standard InChI is InChI=1S/C15H23N3O/c1-10(2)12-5-6-18(9-12)15(19)13-8-17-11(3)7-14(13)16-4/h7-8,10,12H,5-6,9H2,1-4H3,(H,16,17). The van der Waals surface area contributed by atoms with E-state index in [1.54, 1.807) is 6.20 Å². The molecule has 1 aliphatic rings. The van der Waals surface area contributed by atoms with Crippen molar-refractivity contribution in [2.24, 2.45) is 11.8 Å². The molecule has 104 valence electrons. The minimum absolute atomic E-state index is 0.0972. The minimum atomic E-state index is 0.0972. The lowest BCUT2D eigenvalue weighted by Crippen LogP contribution is -2.30. The molecule has 1 atom stereocenters. The molecule has 1 unspecified atom stereocenters. The maximum absolute atomic E-state index is 12.6. The van der Waals surface area contributed by atoms with Gasteiger partial charge in [-0.15, -0.1) is 0 Å². The predicted molar refractivity (Wildman–Crippen MR) is 77.4 cm³/mol. The highest BCUT2D eigenvalue weighted by molar-refractivity contribution is 5.99. The van der Waals surface area contributed by atoms with Crippen LogP contribution in [0.5, 0.6) is 0 Å². The molecule has 0 aromatic carbocycles. The Kier molecular flexibility index (Phi) is 4.08. The molecule has 0 bridgehead atoms. The van der Waals surface area contributed by atoms with Crippen molar-refractivity contribution in [3.05, 3.63) is 23.5 Å². The van der Waals surface area contributed by atoms with Crippen LogP contribution in [0.2, 0.25) is 0 Å². The Morgan fingerprint density at radius 1 is 1.53 bits per heavy atom. The molecule has 0 spiro atoms. The van der Waals surface area contributed by atoms with Crippen LogP contribution < -0.4 is 5.32 Å². The summed E-state index contributed by atoms with van der Waals surface area (Å²) in [5.41, 5.74) is 2.46. The Morgan fingerprint density at radius 2 is 2.26 bits per heavy atom. The molecule has 0 aliphatic carbocycles. The number of amides is 1. The summed E-state index contributed by atoms with van der Waals surface area (Å²) in [7, 11) is 1.84. The van der Waals surface area contributed by atoms with Crippen molar-refractivity contribution in [1.82, 2.24) is 9.88 Å². The van der Waals surface area contributed by atoms with E-state index in [1.165, 1.54) is 0 Å². The van der Waals surface area contributed by atoms with Gasteiger partial charge < -0.3 is 10.2 Å². The highest BCUT2D eigenvalue weighted by atomic mass is 16.2. The predicted octanol–water partition coefficient (Wildman–Crippen LogP) is 2.55. The second-order valence-corrected chi connectivity index (χ2v) is 5.67. The summed E-state index contributed by atoms with van der Waals surface area (Å²) in [6, 6.07) is 1.92. The van der Waals surface area contributed by atoms with Gasteiger partial charge in [0.1, 0.15) is 0 Å². The van der Waals surface area contributed by atoms with E-state index in [4.69, 9.17) is 0 Å². The molecule has 19 heavy (non-hydrogen) atoms. The van der Waals surface area contributed by atoms with Crippen LogP contribution in [0.3, 0.4) is 0 Å². The zero-order chi connectivity index (χ0) is 14.0. The van der Waals surface area contributed by atoms with Crippen molar-refractivity contribution in [1.29, 1.82) is 0 Å². The average molecular weight is 261 g/mol. The number of likely N-dealkylation sites (tertiary alicyclic amines) is 1. The first-order chi connectivity index (χ1) is 9.02. The van der Waals surface area contributed by atoms with Crippen molar-refractivity contribution in [2.45, 2.75) is 27.2 Å². The summed E-state index contributed by atoms with van der Waals surface area (Å²) in [4.78, 5) is 18.8. The topological polar surface area (TPSA) is 45.2 Å². The third-order valence-electron chi connectivity index (χ3n) is 4.00. The second-order valence-electron chi connectivity index (χ2n) is 5.67. The molecule has 1 aromatic heterocycles. The van der Waals surface area contributed by atoms with Crippen LogP contribution in [0.1, 0.15) is 36.3 Å². The summed E-state index contributed by atoms with van der Waals surface area (Å²) in [6.07, 6.45) is 2.80. The first kappa shape index (κ1) is 13.8. The molecule has 2 heterocycles. The SMILES string of the molecule is CNc1cc(C)ncc1C(=O)N1CCC(C(C)C)C1. The monoisotopic (exact) mass is 261 g/mol. The van der Waals surface area contributed by atoms with Crippen LogP contribution in [-0.2, 0) is 0 Å². The third kappa shape index (κ3) is 2.88. The van der Waals surface area contributed by atoms with E-state index in [1.807, 2.05) is 24.9 Å². The quantitative estimate of drug-likeness (QED) is 0.909. The number of rotatable bonds is 3. The van der Waals surface area contributed by atoms with E-state index < -0.39 is 0 Å². The Hall–Kier alpha value is -1.58. The molecule has 1 N–H and O–H groups in total. The highest BCUT2D eigenvalue weighted by Gasteiger charge is 2.29. The number of pyridine rings is 1. The number of hydrogen-bond acceptors (Lipinski definition) is 3. The van der Waals surface area contributed by atoms with Crippen LogP contribution in [0.15, 0.2) is 12.3 Å². The Labute approximate surface area is 115 Å². The third-order valence-corrected chi connectivity index (χ3v) is 4.00. The van der Waals surface area contributed by atoms with Crippen molar-refractivity contribution in [3.63, 3.8) is 0 Å². The Balaban J connectivity index is 2.17. The van der Waals surface area contributed by atoms with Gasteiger partial charge in [-0.1, -0.05) is 13.8 Å². The highest BCUT2D eigenvalue weighted by Crippen LogP contribution is 2.26. The molecule has 1 fully saturated rings. The van der Waals surface area contributed by atoms with E-state index in [-0.39, 0.29) is 5.91 Å². The lowest BCUT2D eigenvalue weighted by molar-refractivity contribution is 0.0784. The fourth-order valence-corrected chi connectivity index (χ4v) is 2.62. The summed E-state index contributed by atoms with van der Waals surface area (Å²) in [5.74, 6) is 1.36. The molecule has 2 rings (SSSR count). The molecule has 1 aromatic rings. The van der Waals surface area contributed by atoms with Crippen molar-refractivity contribution < 1.29 is 4.79 Å². The van der Waals surface area contributed by atoms with Gasteiger partial charge in [0.25, 0.3) is 5.91 Å². The van der Waals surface area contributed by atoms with Crippen molar-refractivity contribution in [2.75, 3.05) is 25.5 Å². The molecule has 1 saturated heterocycles. The summed E-state index contributed by atoms with van der Waals surface area (Å²) in [6.45, 7) is 8.11. The van der Waals surface area contributed by atoms with Crippen LogP contribution in [0.25, 0.3) is 0 Å². The summed E-state index contributed by atoms with van der Waals surface area (Å²) >= 11 is 0. The lowest BCUT2D eigenvalue weighted by atomic mass is 9.95. The number of nitrogens with one attached hydrogen (secondary N) is 1. The van der Waals surface area contributed by atoms with Crippen LogP contribution in [0, 0.1) is 18.8 Å². The van der Waals surface area contributed by atoms with Gasteiger partial charge in [0, 0.05) is 32.0 Å². The summed E-state index contributed by atoms with van der Waals surface area (Å²) in [5, 5.41) is 3.09. The number of carbonyl (C=O) groups is 1. The lowest BCUT2D eigenvalue weighted by Gasteiger charge is -2.19. The van der Waals surface area contributed by atoms with Gasteiger partial charge in [-0.3, -0.25) is 9.78 Å². The number of aryl methyl sites for hydroxylation is 1. The largest absolute Gasteiger partial charge is 0.387 e. The minimum Gasteiger partial charge on any atom is -0.387 e. The van der Waals surface area contributed by atoms with E-state index in [0.29, 0.717) is 17.4 Å².